The van der Waals surface area contributed by atoms with Gasteiger partial charge in [0.1, 0.15) is 11.5 Å². The van der Waals surface area contributed by atoms with Crippen molar-refractivity contribution in [2.75, 3.05) is 0 Å². The summed E-state index contributed by atoms with van der Waals surface area (Å²) in [5.41, 5.74) is 1.95. The maximum absolute atomic E-state index is 12.4. The van der Waals surface area contributed by atoms with Gasteiger partial charge in [0.05, 0.1) is 0 Å². The molecule has 4 rings (SSSR count). The molecule has 2 heterocycles. The first kappa shape index (κ1) is 17.5. The van der Waals surface area contributed by atoms with Gasteiger partial charge in [-0.15, -0.1) is 0 Å². The predicted molar refractivity (Wildman–Crippen MR) is 104 cm³/mol. The van der Waals surface area contributed by atoms with Crippen LogP contribution in [0.15, 0.2) is 89.7 Å². The molecule has 0 unspecified atom stereocenters. The molecule has 0 fully saturated rings. The van der Waals surface area contributed by atoms with Crippen LogP contribution in [0.1, 0.15) is 16.1 Å². The van der Waals surface area contributed by atoms with Crippen LogP contribution >= 0.6 is 0 Å². The van der Waals surface area contributed by atoms with Crippen LogP contribution in [0.3, 0.4) is 0 Å². The van der Waals surface area contributed by atoms with E-state index < -0.39 is 0 Å². The first-order chi connectivity index (χ1) is 13.8. The second kappa shape index (κ2) is 8.18. The highest BCUT2D eigenvalue weighted by Gasteiger charge is 2.13. The molecule has 1 amide bonds. The molecule has 138 valence electrons. The van der Waals surface area contributed by atoms with Gasteiger partial charge in [-0.25, -0.2) is 0 Å². The van der Waals surface area contributed by atoms with E-state index in [4.69, 9.17) is 9.26 Å². The van der Waals surface area contributed by atoms with E-state index in [1.165, 1.54) is 0 Å². The Kier molecular flexibility index (Phi) is 5.11. The highest BCUT2D eigenvalue weighted by Crippen LogP contribution is 2.22. The van der Waals surface area contributed by atoms with E-state index in [2.05, 4.69) is 15.5 Å². The first-order valence-corrected chi connectivity index (χ1v) is 8.75. The number of carbonyl (C=O) groups is 1. The summed E-state index contributed by atoms with van der Waals surface area (Å²) >= 11 is 0. The summed E-state index contributed by atoms with van der Waals surface area (Å²) in [7, 11) is 0. The summed E-state index contributed by atoms with van der Waals surface area (Å²) in [6.07, 6.45) is 3.31. The van der Waals surface area contributed by atoms with Gasteiger partial charge in [-0.2, -0.15) is 0 Å². The molecule has 4 aromatic rings. The molecule has 0 spiro atoms. The molecular formula is C22H17N3O3. The number of aromatic nitrogens is 2. The molecule has 28 heavy (non-hydrogen) atoms. The van der Waals surface area contributed by atoms with Crippen LogP contribution in [0.4, 0.5) is 0 Å². The SMILES string of the molecule is O=C(NCc1cccc(Oc2ccccc2)c1)c1cc(-c2ccncc2)on1. The van der Waals surface area contributed by atoms with E-state index >= 15 is 0 Å². The van der Waals surface area contributed by atoms with Gasteiger partial charge in [0.25, 0.3) is 5.91 Å². The first-order valence-electron chi connectivity index (χ1n) is 8.75. The van der Waals surface area contributed by atoms with Crippen molar-refractivity contribution < 1.29 is 14.1 Å². The average molecular weight is 371 g/mol. The van der Waals surface area contributed by atoms with Crippen molar-refractivity contribution >= 4 is 5.91 Å². The van der Waals surface area contributed by atoms with Crippen molar-refractivity contribution in [3.05, 3.63) is 96.4 Å². The summed E-state index contributed by atoms with van der Waals surface area (Å²) < 4.78 is 11.1. The topological polar surface area (TPSA) is 77.2 Å². The fourth-order valence-electron chi connectivity index (χ4n) is 2.65. The van der Waals surface area contributed by atoms with Crippen LogP contribution in [0.5, 0.6) is 11.5 Å². The quantitative estimate of drug-likeness (QED) is 0.541. The van der Waals surface area contributed by atoms with E-state index in [0.717, 1.165) is 16.9 Å². The summed E-state index contributed by atoms with van der Waals surface area (Å²) in [6.45, 7) is 0.349. The Morgan fingerprint density at radius 2 is 1.71 bits per heavy atom. The minimum Gasteiger partial charge on any atom is -0.457 e. The molecule has 0 saturated carbocycles. The third kappa shape index (κ3) is 4.24. The number of amides is 1. The Balaban J connectivity index is 1.39. The molecule has 0 saturated heterocycles. The number of hydrogen-bond donors (Lipinski definition) is 1. The number of nitrogens with zero attached hydrogens (tertiary/aromatic N) is 2. The molecule has 0 radical (unpaired) electrons. The van der Waals surface area contributed by atoms with Crippen molar-refractivity contribution in [2.24, 2.45) is 0 Å². The fourth-order valence-corrected chi connectivity index (χ4v) is 2.65. The molecule has 0 bridgehead atoms. The molecule has 0 aliphatic heterocycles. The number of pyridine rings is 1. The van der Waals surface area contributed by atoms with Crippen LogP contribution in [0.25, 0.3) is 11.3 Å². The number of ether oxygens (including phenoxy) is 1. The van der Waals surface area contributed by atoms with Crippen LogP contribution in [-0.2, 0) is 6.54 Å². The summed E-state index contributed by atoms with van der Waals surface area (Å²) in [5, 5.41) is 6.69. The zero-order chi connectivity index (χ0) is 19.2. The van der Waals surface area contributed by atoms with Crippen molar-refractivity contribution in [1.82, 2.24) is 15.5 Å². The van der Waals surface area contributed by atoms with Gasteiger partial charge in [-0.05, 0) is 42.0 Å². The van der Waals surface area contributed by atoms with Gasteiger partial charge in [0, 0.05) is 30.6 Å². The highest BCUT2D eigenvalue weighted by molar-refractivity contribution is 5.93. The standard InChI is InChI=1S/C22H17N3O3/c26-22(20-14-21(28-25-20)17-9-11-23-12-10-17)24-15-16-5-4-8-19(13-16)27-18-6-2-1-3-7-18/h1-14H,15H2,(H,24,26). The predicted octanol–water partition coefficient (Wildman–Crippen LogP) is 4.46. The van der Waals surface area contributed by atoms with E-state index in [1.807, 2.05) is 54.6 Å². The lowest BCUT2D eigenvalue weighted by atomic mass is 10.2. The van der Waals surface area contributed by atoms with Crippen molar-refractivity contribution in [3.63, 3.8) is 0 Å². The summed E-state index contributed by atoms with van der Waals surface area (Å²) in [6, 6.07) is 22.3. The summed E-state index contributed by atoms with van der Waals surface area (Å²) in [5.74, 6) is 1.68. The minimum absolute atomic E-state index is 0.225. The van der Waals surface area contributed by atoms with Gasteiger partial charge in [0.2, 0.25) is 0 Å². The smallest absolute Gasteiger partial charge is 0.273 e. The van der Waals surface area contributed by atoms with E-state index in [0.29, 0.717) is 18.1 Å². The Bertz CT molecular complexity index is 1060. The molecule has 0 aliphatic rings. The molecule has 2 aromatic carbocycles. The van der Waals surface area contributed by atoms with E-state index in [9.17, 15) is 4.79 Å². The Morgan fingerprint density at radius 3 is 2.54 bits per heavy atom. The largest absolute Gasteiger partial charge is 0.457 e. The van der Waals surface area contributed by atoms with Crippen LogP contribution < -0.4 is 10.1 Å². The number of rotatable bonds is 6. The Labute approximate surface area is 161 Å². The van der Waals surface area contributed by atoms with Crippen molar-refractivity contribution in [3.8, 4) is 22.8 Å². The molecule has 6 nitrogen and oxygen atoms in total. The lowest BCUT2D eigenvalue weighted by Gasteiger charge is -2.08. The van der Waals surface area contributed by atoms with Crippen LogP contribution in [-0.4, -0.2) is 16.0 Å². The van der Waals surface area contributed by atoms with Gasteiger partial charge in [-0.3, -0.25) is 9.78 Å². The monoisotopic (exact) mass is 371 g/mol. The van der Waals surface area contributed by atoms with Gasteiger partial charge in [-0.1, -0.05) is 35.5 Å². The molecule has 2 aromatic heterocycles. The number of benzene rings is 2. The maximum Gasteiger partial charge on any atom is 0.273 e. The van der Waals surface area contributed by atoms with Gasteiger partial charge >= 0.3 is 0 Å². The fraction of sp³-hybridized carbons (Fsp3) is 0.0455. The van der Waals surface area contributed by atoms with E-state index in [-0.39, 0.29) is 11.6 Å². The maximum atomic E-state index is 12.4. The second-order valence-corrected chi connectivity index (χ2v) is 6.06. The normalized spacial score (nSPS) is 10.4. The number of para-hydroxylation sites is 1. The van der Waals surface area contributed by atoms with Gasteiger partial charge < -0.3 is 14.6 Å². The van der Waals surface area contributed by atoms with E-state index in [1.54, 1.807) is 30.6 Å². The molecule has 0 aliphatic carbocycles. The Morgan fingerprint density at radius 1 is 0.929 bits per heavy atom. The van der Waals surface area contributed by atoms with Crippen molar-refractivity contribution in [1.29, 1.82) is 0 Å². The minimum atomic E-state index is -0.307. The third-order valence-corrected chi connectivity index (χ3v) is 4.04. The zero-order valence-electron chi connectivity index (χ0n) is 14.9. The van der Waals surface area contributed by atoms with Gasteiger partial charge in [0.15, 0.2) is 11.5 Å². The number of carbonyl (C=O) groups excluding carboxylic acids is 1. The zero-order valence-corrected chi connectivity index (χ0v) is 14.9. The molecule has 0 atom stereocenters. The molecule has 6 heteroatoms. The third-order valence-electron chi connectivity index (χ3n) is 4.04. The average Bonchev–Trinajstić information content (AvgIpc) is 3.24. The summed E-state index contributed by atoms with van der Waals surface area (Å²) in [4.78, 5) is 16.3. The second-order valence-electron chi connectivity index (χ2n) is 6.06. The van der Waals surface area contributed by atoms with Crippen LogP contribution in [0, 0.1) is 0 Å². The molecular weight excluding hydrogens is 354 g/mol. The lowest BCUT2D eigenvalue weighted by molar-refractivity contribution is 0.0942. The Hall–Kier alpha value is -3.93. The molecule has 1 N–H and O–H groups in total. The van der Waals surface area contributed by atoms with Crippen LogP contribution in [0.2, 0.25) is 0 Å². The number of nitrogens with one attached hydrogen (secondary N) is 1. The highest BCUT2D eigenvalue weighted by atomic mass is 16.5. The number of hydrogen-bond acceptors (Lipinski definition) is 5. The lowest BCUT2D eigenvalue weighted by Crippen LogP contribution is -2.23. The van der Waals surface area contributed by atoms with Crippen molar-refractivity contribution in [2.45, 2.75) is 6.54 Å².